The third kappa shape index (κ3) is 4.91. The average molecular weight is 423 g/mol. The lowest BCUT2D eigenvalue weighted by Gasteiger charge is -2.36. The Labute approximate surface area is 182 Å². The quantitative estimate of drug-likeness (QED) is 0.685. The summed E-state index contributed by atoms with van der Waals surface area (Å²) in [7, 11) is -1.29. The molecule has 2 aromatic rings. The van der Waals surface area contributed by atoms with Crippen LogP contribution in [0.5, 0.6) is 0 Å². The Balaban J connectivity index is 0.00000256. The number of piperidine rings is 1. The maximum absolute atomic E-state index is 13.4. The molecule has 1 heterocycles. The van der Waals surface area contributed by atoms with Crippen molar-refractivity contribution >= 4 is 16.7 Å². The number of likely N-dealkylation sites (tertiary alicyclic amines) is 1. The third-order valence-electron chi connectivity index (χ3n) is 5.61. The van der Waals surface area contributed by atoms with Crippen LogP contribution in [0, 0.1) is 6.92 Å². The number of benzene rings is 2. The molecule has 0 saturated carbocycles. The molecule has 4 nitrogen and oxygen atoms in total. The maximum atomic E-state index is 13.4. The maximum Gasteiger partial charge on any atom is 0.153 e. The Bertz CT molecular complexity index is 964. The normalized spacial score (nSPS) is 16.5. The van der Waals surface area contributed by atoms with E-state index in [0.29, 0.717) is 6.54 Å². The highest BCUT2D eigenvalue weighted by molar-refractivity contribution is 7.86. The summed E-state index contributed by atoms with van der Waals surface area (Å²) in [5, 5.41) is 0. The first-order valence-electron chi connectivity index (χ1n) is 10.2. The highest BCUT2D eigenvalue weighted by Crippen LogP contribution is 2.30. The van der Waals surface area contributed by atoms with E-state index in [4.69, 9.17) is 0 Å². The molecule has 4 rings (SSSR count). The van der Waals surface area contributed by atoms with Gasteiger partial charge in [-0.3, -0.25) is 4.31 Å². The van der Waals surface area contributed by atoms with Crippen molar-refractivity contribution in [2.45, 2.75) is 31.1 Å². The number of aryl methyl sites for hydroxylation is 1. The van der Waals surface area contributed by atoms with Crippen molar-refractivity contribution in [1.29, 1.82) is 0 Å². The molecule has 0 spiro atoms. The highest BCUT2D eigenvalue weighted by atomic mass is 32.2. The van der Waals surface area contributed by atoms with Crippen LogP contribution < -0.4 is 4.31 Å². The molecule has 1 aliphatic carbocycles. The Morgan fingerprint density at radius 3 is 2.40 bits per heavy atom. The summed E-state index contributed by atoms with van der Waals surface area (Å²) in [6, 6.07) is 17.9. The summed E-state index contributed by atoms with van der Waals surface area (Å²) in [6.07, 6.45) is 8.12. The van der Waals surface area contributed by atoms with Gasteiger partial charge in [-0.2, -0.15) is 0 Å². The molecule has 1 fully saturated rings. The molecule has 1 unspecified atom stereocenters. The minimum absolute atomic E-state index is 0. The van der Waals surface area contributed by atoms with Crippen LogP contribution in [0.15, 0.2) is 95.1 Å². The fourth-order valence-electron chi connectivity index (χ4n) is 3.90. The average Bonchev–Trinajstić information content (AvgIpc) is 2.78. The predicted octanol–water partition coefficient (Wildman–Crippen LogP) is 4.57. The Hall–Kier alpha value is -2.63. The van der Waals surface area contributed by atoms with Gasteiger partial charge in [-0.15, -0.1) is 0 Å². The number of nitrogens with zero attached hydrogens (tertiary/aromatic N) is 2. The number of anilines is 1. The van der Waals surface area contributed by atoms with Gasteiger partial charge < -0.3 is 10.4 Å². The van der Waals surface area contributed by atoms with Crippen LogP contribution >= 0.6 is 0 Å². The first-order chi connectivity index (χ1) is 14.1. The van der Waals surface area contributed by atoms with E-state index in [1.165, 1.54) is 16.7 Å². The zero-order chi connectivity index (χ0) is 20.2. The van der Waals surface area contributed by atoms with Gasteiger partial charge in [-0.25, -0.2) is 4.21 Å². The van der Waals surface area contributed by atoms with Gasteiger partial charge in [0.25, 0.3) is 0 Å². The lowest BCUT2D eigenvalue weighted by molar-refractivity contribution is 0.352. The third-order valence-corrected chi connectivity index (χ3v) is 7.03. The van der Waals surface area contributed by atoms with Gasteiger partial charge in [0.05, 0.1) is 17.1 Å². The van der Waals surface area contributed by atoms with Crippen molar-refractivity contribution in [2.24, 2.45) is 0 Å². The molecule has 1 atom stereocenters. The smallest absolute Gasteiger partial charge is 0.153 e. The van der Waals surface area contributed by atoms with Crippen LogP contribution in [0.4, 0.5) is 5.69 Å². The second-order valence-corrected chi connectivity index (χ2v) is 9.12. The van der Waals surface area contributed by atoms with E-state index in [1.54, 1.807) is 0 Å². The van der Waals surface area contributed by atoms with Gasteiger partial charge >= 0.3 is 0 Å². The second-order valence-electron chi connectivity index (χ2n) is 7.71. The molecule has 2 N–H and O–H groups in total. The Morgan fingerprint density at radius 2 is 1.70 bits per heavy atom. The van der Waals surface area contributed by atoms with Gasteiger partial charge in [-0.1, -0.05) is 54.6 Å². The van der Waals surface area contributed by atoms with E-state index >= 15 is 0 Å². The first kappa shape index (κ1) is 22.1. The molecule has 0 aromatic heterocycles. The lowest BCUT2D eigenvalue weighted by atomic mass is 9.91. The largest absolute Gasteiger partial charge is 0.412 e. The van der Waals surface area contributed by atoms with Crippen molar-refractivity contribution in [3.8, 4) is 0 Å². The molecule has 0 radical (unpaired) electrons. The minimum Gasteiger partial charge on any atom is -0.412 e. The van der Waals surface area contributed by atoms with Crippen molar-refractivity contribution in [3.63, 3.8) is 0 Å². The van der Waals surface area contributed by atoms with Gasteiger partial charge in [-0.05, 0) is 61.6 Å². The van der Waals surface area contributed by atoms with Crippen LogP contribution in [0.2, 0.25) is 0 Å². The van der Waals surface area contributed by atoms with Crippen LogP contribution in [0.25, 0.3) is 0 Å². The Kier molecular flexibility index (Phi) is 7.29. The molecule has 158 valence electrons. The van der Waals surface area contributed by atoms with E-state index in [0.717, 1.165) is 48.6 Å². The van der Waals surface area contributed by atoms with Crippen molar-refractivity contribution in [3.05, 3.63) is 95.7 Å². The molecule has 5 heteroatoms. The van der Waals surface area contributed by atoms with E-state index in [-0.39, 0.29) is 5.48 Å². The summed E-state index contributed by atoms with van der Waals surface area (Å²) in [5.41, 5.74) is 6.10. The number of hydrogen-bond donors (Lipinski definition) is 0. The summed E-state index contributed by atoms with van der Waals surface area (Å²) in [6.45, 7) is 8.87. The second kappa shape index (κ2) is 9.92. The van der Waals surface area contributed by atoms with Crippen LogP contribution in [-0.2, 0) is 11.0 Å². The summed E-state index contributed by atoms with van der Waals surface area (Å²) >= 11 is 0. The standard InChI is InChI=1S/C25H28N2OS.H2O/c1-20-12-14-24(15-13-20)27(29(28)25-10-4-3-5-11-25)18-21(2)26-17-16-22-8-6-7-9-23(22)19-26;/h3-5,8-15H,2,6-7,16-19H2,1H3;1H2. The molecule has 1 saturated heterocycles. The number of hydrogen-bond acceptors (Lipinski definition) is 2. The Morgan fingerprint density at radius 1 is 1.03 bits per heavy atom. The first-order valence-corrected chi connectivity index (χ1v) is 11.3. The van der Waals surface area contributed by atoms with Gasteiger partial charge in [0.2, 0.25) is 0 Å². The molecule has 2 aromatic carbocycles. The molecule has 1 aliphatic heterocycles. The predicted molar refractivity (Wildman–Crippen MR) is 126 cm³/mol. The zero-order valence-electron chi connectivity index (χ0n) is 17.5. The topological polar surface area (TPSA) is 55.1 Å². The fraction of sp³-hybridized carbons (Fsp3) is 0.280. The summed E-state index contributed by atoms with van der Waals surface area (Å²) < 4.78 is 15.4. The van der Waals surface area contributed by atoms with Gasteiger partial charge in [0, 0.05) is 18.8 Å². The van der Waals surface area contributed by atoms with Gasteiger partial charge in [0.1, 0.15) is 0 Å². The van der Waals surface area contributed by atoms with Crippen LogP contribution in [-0.4, -0.2) is 34.2 Å². The molecule has 2 aliphatic rings. The summed E-state index contributed by atoms with van der Waals surface area (Å²) in [4.78, 5) is 3.15. The monoisotopic (exact) mass is 422 g/mol. The van der Waals surface area contributed by atoms with E-state index < -0.39 is 11.0 Å². The molecular formula is C25H30N2O2S. The SMILES string of the molecule is C=C(CN(c1ccc(C)cc1)S(=O)c1ccccc1)N1CCC2=CCCC=C2C1.O. The zero-order valence-corrected chi connectivity index (χ0v) is 18.3. The molecular weight excluding hydrogens is 392 g/mol. The van der Waals surface area contributed by atoms with Gasteiger partial charge in [0.15, 0.2) is 11.0 Å². The van der Waals surface area contributed by atoms with Crippen molar-refractivity contribution in [1.82, 2.24) is 4.90 Å². The van der Waals surface area contributed by atoms with Crippen LogP contribution in [0.3, 0.4) is 0 Å². The van der Waals surface area contributed by atoms with Crippen LogP contribution in [0.1, 0.15) is 24.8 Å². The van der Waals surface area contributed by atoms with Crippen molar-refractivity contribution < 1.29 is 9.69 Å². The highest BCUT2D eigenvalue weighted by Gasteiger charge is 2.24. The van der Waals surface area contributed by atoms with E-state index in [9.17, 15) is 4.21 Å². The minimum atomic E-state index is -1.29. The van der Waals surface area contributed by atoms with E-state index in [1.807, 2.05) is 46.8 Å². The molecule has 30 heavy (non-hydrogen) atoms. The molecule has 0 amide bonds. The van der Waals surface area contributed by atoms with Crippen molar-refractivity contribution in [2.75, 3.05) is 23.9 Å². The number of rotatable bonds is 6. The lowest BCUT2D eigenvalue weighted by Crippen LogP contribution is -2.38. The fourth-order valence-corrected chi connectivity index (χ4v) is 5.13. The summed E-state index contributed by atoms with van der Waals surface area (Å²) in [5.74, 6) is 0. The number of allylic oxidation sites excluding steroid dienone is 2. The van der Waals surface area contributed by atoms with E-state index in [2.05, 4.69) is 42.7 Å². The number of fused-ring (bicyclic) bond motifs is 1. The molecule has 0 bridgehead atoms.